The van der Waals surface area contributed by atoms with Crippen LogP contribution >= 0.6 is 0 Å². The first-order valence-electron chi connectivity index (χ1n) is 12.4. The fourth-order valence-corrected chi connectivity index (χ4v) is 6.06. The second-order valence-corrected chi connectivity index (χ2v) is 10.3. The Bertz CT molecular complexity index is 784. The first-order chi connectivity index (χ1) is 15.3. The van der Waals surface area contributed by atoms with Crippen LogP contribution < -0.4 is 0 Å². The summed E-state index contributed by atoms with van der Waals surface area (Å²) in [6.07, 6.45) is 8.45. The van der Waals surface area contributed by atoms with E-state index in [-0.39, 0.29) is 29.7 Å². The summed E-state index contributed by atoms with van der Waals surface area (Å²) in [7, 11) is 0. The first kappa shape index (κ1) is 24.7. The summed E-state index contributed by atoms with van der Waals surface area (Å²) in [6.45, 7) is 8.26. The first-order valence-corrected chi connectivity index (χ1v) is 12.4. The number of esters is 1. The molecule has 0 radical (unpaired) electrons. The Labute approximate surface area is 193 Å². The maximum atomic E-state index is 13.2. The van der Waals surface area contributed by atoms with Crippen molar-refractivity contribution < 1.29 is 19.4 Å². The summed E-state index contributed by atoms with van der Waals surface area (Å²) in [5, 5.41) is 10.4. The molecule has 0 amide bonds. The fraction of sp³-hybridized carbons (Fsp3) is 0.643. The molecule has 4 nitrogen and oxygen atoms in total. The zero-order valence-corrected chi connectivity index (χ0v) is 20.1. The van der Waals surface area contributed by atoms with Gasteiger partial charge in [0, 0.05) is 25.2 Å². The number of carbonyl (C=O) groups excluding carboxylic acids is 2. The normalized spacial score (nSPS) is 31.9. The highest BCUT2D eigenvalue weighted by atomic mass is 16.5. The van der Waals surface area contributed by atoms with Gasteiger partial charge in [0.05, 0.1) is 6.10 Å². The van der Waals surface area contributed by atoms with Crippen molar-refractivity contribution in [1.29, 1.82) is 0 Å². The van der Waals surface area contributed by atoms with E-state index >= 15 is 0 Å². The number of allylic oxidation sites excluding steroid dienone is 1. The van der Waals surface area contributed by atoms with Crippen LogP contribution in [0.4, 0.5) is 0 Å². The molecule has 0 bridgehead atoms. The number of carbonyl (C=O) groups is 2. The SMILES string of the molecule is CC(=O)O[C@@H]1CC(=O)[C@H]([C@@H]2C[C@H](C)CC[C@@H]2C(C)C)[C@H]1C=CCCC(O)c1ccccc1. The van der Waals surface area contributed by atoms with Crippen LogP contribution in [0.15, 0.2) is 42.5 Å². The molecule has 176 valence electrons. The van der Waals surface area contributed by atoms with Crippen molar-refractivity contribution in [3.8, 4) is 0 Å². The Hall–Kier alpha value is -1.94. The molecule has 4 heteroatoms. The molecule has 1 aromatic rings. The third-order valence-electron chi connectivity index (χ3n) is 7.62. The highest BCUT2D eigenvalue weighted by molar-refractivity contribution is 5.85. The second-order valence-electron chi connectivity index (χ2n) is 10.3. The molecule has 32 heavy (non-hydrogen) atoms. The van der Waals surface area contributed by atoms with Crippen LogP contribution in [-0.4, -0.2) is 23.0 Å². The number of ketones is 1. The number of benzene rings is 1. The smallest absolute Gasteiger partial charge is 0.302 e. The molecule has 7 atom stereocenters. The molecule has 0 aliphatic heterocycles. The van der Waals surface area contributed by atoms with Crippen molar-refractivity contribution in [2.24, 2.45) is 35.5 Å². The third-order valence-corrected chi connectivity index (χ3v) is 7.62. The summed E-state index contributed by atoms with van der Waals surface area (Å²) < 4.78 is 5.62. The number of rotatable bonds is 8. The number of ether oxygens (including phenoxy) is 1. The van der Waals surface area contributed by atoms with Crippen LogP contribution in [0.1, 0.15) is 77.9 Å². The van der Waals surface area contributed by atoms with Gasteiger partial charge in [0.25, 0.3) is 0 Å². The van der Waals surface area contributed by atoms with Crippen LogP contribution in [0.5, 0.6) is 0 Å². The zero-order chi connectivity index (χ0) is 23.3. The minimum Gasteiger partial charge on any atom is -0.461 e. The van der Waals surface area contributed by atoms with Gasteiger partial charge in [-0.25, -0.2) is 0 Å². The second kappa shape index (κ2) is 11.3. The van der Waals surface area contributed by atoms with E-state index in [1.807, 2.05) is 30.3 Å². The summed E-state index contributed by atoms with van der Waals surface area (Å²) >= 11 is 0. The van der Waals surface area contributed by atoms with Gasteiger partial charge in [0.15, 0.2) is 0 Å². The van der Waals surface area contributed by atoms with Gasteiger partial charge in [-0.05, 0) is 54.9 Å². The molecule has 1 N–H and O–H groups in total. The lowest BCUT2D eigenvalue weighted by Crippen LogP contribution is -2.38. The molecule has 0 aromatic heterocycles. The summed E-state index contributed by atoms with van der Waals surface area (Å²) in [6, 6.07) is 9.69. The van der Waals surface area contributed by atoms with Gasteiger partial charge >= 0.3 is 5.97 Å². The molecule has 0 spiro atoms. The van der Waals surface area contributed by atoms with Crippen LogP contribution in [0.25, 0.3) is 0 Å². The average molecular weight is 441 g/mol. The van der Waals surface area contributed by atoms with Gasteiger partial charge in [0.2, 0.25) is 0 Å². The molecule has 0 saturated heterocycles. The van der Waals surface area contributed by atoms with Gasteiger partial charge < -0.3 is 9.84 Å². The third kappa shape index (κ3) is 6.10. The number of Topliss-reactive ketones (excluding diaryl/α,β-unsaturated/α-hetero) is 1. The molecule has 2 saturated carbocycles. The van der Waals surface area contributed by atoms with Crippen molar-refractivity contribution in [1.82, 2.24) is 0 Å². The minimum absolute atomic E-state index is 0.0724. The Morgan fingerprint density at radius 3 is 2.59 bits per heavy atom. The minimum atomic E-state index is -0.504. The van der Waals surface area contributed by atoms with E-state index in [1.165, 1.54) is 19.8 Å². The lowest BCUT2D eigenvalue weighted by molar-refractivity contribution is -0.147. The van der Waals surface area contributed by atoms with Gasteiger partial charge in [-0.2, -0.15) is 0 Å². The average Bonchev–Trinajstić information content (AvgIpc) is 3.05. The Morgan fingerprint density at radius 1 is 1.22 bits per heavy atom. The summed E-state index contributed by atoms with van der Waals surface area (Å²) in [5.41, 5.74) is 0.920. The van der Waals surface area contributed by atoms with Gasteiger partial charge in [-0.1, -0.05) is 69.7 Å². The van der Waals surface area contributed by atoms with E-state index in [2.05, 4.69) is 32.9 Å². The number of aliphatic hydroxyl groups is 1. The number of hydrogen-bond acceptors (Lipinski definition) is 4. The lowest BCUT2D eigenvalue weighted by atomic mass is 9.63. The fourth-order valence-electron chi connectivity index (χ4n) is 6.06. The van der Waals surface area contributed by atoms with Crippen molar-refractivity contribution in [3.05, 3.63) is 48.0 Å². The van der Waals surface area contributed by atoms with Crippen molar-refractivity contribution in [2.45, 2.75) is 78.4 Å². The van der Waals surface area contributed by atoms with E-state index in [9.17, 15) is 14.7 Å². The summed E-state index contributed by atoms with van der Waals surface area (Å²) in [4.78, 5) is 25.0. The van der Waals surface area contributed by atoms with Crippen LogP contribution in [-0.2, 0) is 14.3 Å². The molecule has 2 aliphatic carbocycles. The monoisotopic (exact) mass is 440 g/mol. The highest BCUT2D eigenvalue weighted by Gasteiger charge is 2.49. The standard InChI is InChI=1S/C28H40O4/c1-18(2)22-15-14-19(3)16-24(22)28-23(27(17-26(28)31)32-20(4)29)12-8-9-13-25(30)21-10-6-5-7-11-21/h5-8,10-12,18-19,22-25,27-28,30H,9,13-17H2,1-4H3/t19-,22-,23+,24-,25?,27-,28+/m1/s1. The van der Waals surface area contributed by atoms with Gasteiger partial charge in [-0.15, -0.1) is 0 Å². The quantitative estimate of drug-likeness (QED) is 0.404. The van der Waals surface area contributed by atoms with Crippen molar-refractivity contribution >= 4 is 11.8 Å². The molecular formula is C28H40O4. The van der Waals surface area contributed by atoms with E-state index in [0.717, 1.165) is 18.4 Å². The van der Waals surface area contributed by atoms with Crippen LogP contribution in [0, 0.1) is 35.5 Å². The zero-order valence-electron chi connectivity index (χ0n) is 20.1. The van der Waals surface area contributed by atoms with Crippen molar-refractivity contribution in [3.63, 3.8) is 0 Å². The predicted octanol–water partition coefficient (Wildman–Crippen LogP) is 5.90. The highest BCUT2D eigenvalue weighted by Crippen LogP contribution is 2.48. The molecule has 0 heterocycles. The van der Waals surface area contributed by atoms with E-state index in [1.54, 1.807) is 0 Å². The predicted molar refractivity (Wildman–Crippen MR) is 127 cm³/mol. The van der Waals surface area contributed by atoms with Crippen molar-refractivity contribution in [2.75, 3.05) is 0 Å². The molecular weight excluding hydrogens is 400 g/mol. The summed E-state index contributed by atoms with van der Waals surface area (Å²) in [5.74, 6) is 1.82. The Balaban J connectivity index is 1.75. The molecule has 1 aromatic carbocycles. The molecule has 2 aliphatic rings. The van der Waals surface area contributed by atoms with Gasteiger partial charge in [0.1, 0.15) is 11.9 Å². The Morgan fingerprint density at radius 2 is 1.94 bits per heavy atom. The van der Waals surface area contributed by atoms with E-state index in [0.29, 0.717) is 36.5 Å². The Kier molecular flexibility index (Phi) is 8.70. The topological polar surface area (TPSA) is 63.6 Å². The largest absolute Gasteiger partial charge is 0.461 e. The molecule has 2 fully saturated rings. The van der Waals surface area contributed by atoms with Gasteiger partial charge in [-0.3, -0.25) is 9.59 Å². The number of aliphatic hydroxyl groups excluding tert-OH is 1. The maximum absolute atomic E-state index is 13.2. The maximum Gasteiger partial charge on any atom is 0.302 e. The van der Waals surface area contributed by atoms with E-state index < -0.39 is 6.10 Å². The van der Waals surface area contributed by atoms with E-state index in [4.69, 9.17) is 4.74 Å². The molecule has 1 unspecified atom stereocenters. The lowest BCUT2D eigenvalue weighted by Gasteiger charge is -2.41. The van der Waals surface area contributed by atoms with Crippen LogP contribution in [0.2, 0.25) is 0 Å². The van der Waals surface area contributed by atoms with Crippen LogP contribution in [0.3, 0.4) is 0 Å². The molecule has 3 rings (SSSR count). The number of hydrogen-bond donors (Lipinski definition) is 1.